The zero-order chi connectivity index (χ0) is 10.6. The van der Waals surface area contributed by atoms with Crippen LogP contribution in [0, 0.1) is 0 Å². The average Bonchev–Trinajstić information content (AvgIpc) is 2.26. The van der Waals surface area contributed by atoms with Gasteiger partial charge in [0.1, 0.15) is 0 Å². The lowest BCUT2D eigenvalue weighted by Gasteiger charge is -2.06. The monoisotopic (exact) mass is 187 g/mol. The number of ketones is 1. The van der Waals surface area contributed by atoms with Gasteiger partial charge in [-0.15, -0.1) is 0 Å². The molecular weight excluding hydrogens is 174 g/mol. The summed E-state index contributed by atoms with van der Waals surface area (Å²) >= 11 is 0. The highest BCUT2D eigenvalue weighted by Crippen LogP contribution is 2.17. The lowest BCUT2D eigenvalue weighted by Crippen LogP contribution is -2.15. The van der Waals surface area contributed by atoms with Crippen LogP contribution >= 0.6 is 0 Å². The van der Waals surface area contributed by atoms with Crippen LogP contribution in [0.15, 0.2) is 31.4 Å². The first-order chi connectivity index (χ1) is 6.74. The van der Waals surface area contributed by atoms with E-state index in [2.05, 4.69) is 13.2 Å². The first-order valence-electron chi connectivity index (χ1n) is 4.35. The Morgan fingerprint density at radius 3 is 2.57 bits per heavy atom. The minimum atomic E-state index is -0.0800. The van der Waals surface area contributed by atoms with E-state index in [9.17, 15) is 4.79 Å². The number of Topliss-reactive ketones (excluding diaryl/α,β-unsaturated/α-hetero) is 1. The van der Waals surface area contributed by atoms with Crippen LogP contribution < -0.4 is 5.73 Å². The molecule has 0 fully saturated rings. The number of carbonyl (C=O) groups excluding carboxylic acids is 1. The smallest absolute Gasteiger partial charge is 0.176 e. The summed E-state index contributed by atoms with van der Waals surface area (Å²) in [6, 6.07) is 5.45. The Balaban J connectivity index is 3.35. The number of nitrogens with two attached hydrogens (primary N) is 1. The van der Waals surface area contributed by atoms with Gasteiger partial charge in [0.2, 0.25) is 0 Å². The largest absolute Gasteiger partial charge is 0.324 e. The van der Waals surface area contributed by atoms with Crippen LogP contribution in [-0.2, 0) is 0 Å². The molecule has 0 bridgehead atoms. The molecule has 1 aromatic carbocycles. The topological polar surface area (TPSA) is 43.1 Å². The molecule has 72 valence electrons. The molecule has 0 radical (unpaired) electrons. The third-order valence-electron chi connectivity index (χ3n) is 2.05. The van der Waals surface area contributed by atoms with Crippen LogP contribution in [0.4, 0.5) is 0 Å². The third-order valence-corrected chi connectivity index (χ3v) is 2.05. The predicted molar refractivity (Wildman–Crippen MR) is 60.0 cm³/mol. The standard InChI is InChI=1S/C12H13NO/c1-3-9-6-5-7-11(10(9)4-2)12(14)8-13/h3-7H,1-2,8,13H2. The lowest BCUT2D eigenvalue weighted by atomic mass is 9.98. The Kier molecular flexibility index (Phi) is 3.37. The molecule has 1 rings (SSSR count). The van der Waals surface area contributed by atoms with Gasteiger partial charge in [0.25, 0.3) is 0 Å². The van der Waals surface area contributed by atoms with E-state index in [0.717, 1.165) is 11.1 Å². The molecule has 0 aliphatic rings. The second-order valence-corrected chi connectivity index (χ2v) is 2.84. The Morgan fingerprint density at radius 2 is 2.07 bits per heavy atom. The van der Waals surface area contributed by atoms with Crippen LogP contribution in [0.1, 0.15) is 21.5 Å². The molecule has 0 spiro atoms. The van der Waals surface area contributed by atoms with Crippen molar-refractivity contribution in [1.82, 2.24) is 0 Å². The molecule has 2 N–H and O–H groups in total. The summed E-state index contributed by atoms with van der Waals surface area (Å²) in [5.41, 5.74) is 7.63. The second kappa shape index (κ2) is 4.53. The number of carbonyl (C=O) groups is 1. The van der Waals surface area contributed by atoms with Crippen LogP contribution in [0.3, 0.4) is 0 Å². The number of hydrogen-bond acceptors (Lipinski definition) is 2. The Morgan fingerprint density at radius 1 is 1.36 bits per heavy atom. The van der Waals surface area contributed by atoms with Crippen LogP contribution in [0.2, 0.25) is 0 Å². The van der Waals surface area contributed by atoms with Crippen molar-refractivity contribution in [3.05, 3.63) is 48.0 Å². The fourth-order valence-electron chi connectivity index (χ4n) is 1.34. The molecular formula is C12H13NO. The SMILES string of the molecule is C=Cc1cccc(C(=O)CN)c1C=C. The zero-order valence-electron chi connectivity index (χ0n) is 7.99. The van der Waals surface area contributed by atoms with Gasteiger partial charge in [0.15, 0.2) is 5.78 Å². The van der Waals surface area contributed by atoms with Crippen molar-refractivity contribution in [3.63, 3.8) is 0 Å². The molecule has 2 nitrogen and oxygen atoms in total. The summed E-state index contributed by atoms with van der Waals surface area (Å²) in [6.45, 7) is 7.37. The van der Waals surface area contributed by atoms with E-state index in [-0.39, 0.29) is 12.3 Å². The summed E-state index contributed by atoms with van der Waals surface area (Å²) in [4.78, 5) is 11.5. The van der Waals surface area contributed by atoms with E-state index in [1.165, 1.54) is 0 Å². The van der Waals surface area contributed by atoms with Gasteiger partial charge in [0, 0.05) is 5.56 Å². The van der Waals surface area contributed by atoms with E-state index < -0.39 is 0 Å². The summed E-state index contributed by atoms with van der Waals surface area (Å²) < 4.78 is 0. The van der Waals surface area contributed by atoms with Gasteiger partial charge in [-0.3, -0.25) is 4.79 Å². The summed E-state index contributed by atoms with van der Waals surface area (Å²) in [7, 11) is 0. The highest BCUT2D eigenvalue weighted by molar-refractivity contribution is 6.01. The van der Waals surface area contributed by atoms with Crippen molar-refractivity contribution in [2.75, 3.05) is 6.54 Å². The van der Waals surface area contributed by atoms with E-state index in [4.69, 9.17) is 5.73 Å². The minimum Gasteiger partial charge on any atom is -0.324 e. The van der Waals surface area contributed by atoms with Crippen molar-refractivity contribution in [2.24, 2.45) is 5.73 Å². The zero-order valence-corrected chi connectivity index (χ0v) is 7.99. The molecule has 0 saturated carbocycles. The molecule has 0 atom stereocenters. The number of benzene rings is 1. The highest BCUT2D eigenvalue weighted by Gasteiger charge is 2.09. The maximum absolute atomic E-state index is 11.5. The fourth-order valence-corrected chi connectivity index (χ4v) is 1.34. The first-order valence-corrected chi connectivity index (χ1v) is 4.35. The molecule has 0 amide bonds. The average molecular weight is 187 g/mol. The predicted octanol–water partition coefficient (Wildman–Crippen LogP) is 2.11. The molecule has 0 unspecified atom stereocenters. The van der Waals surface area contributed by atoms with Gasteiger partial charge in [-0.2, -0.15) is 0 Å². The normalized spacial score (nSPS) is 9.50. The highest BCUT2D eigenvalue weighted by atomic mass is 16.1. The summed E-state index contributed by atoms with van der Waals surface area (Å²) in [6.07, 6.45) is 3.35. The summed E-state index contributed by atoms with van der Waals surface area (Å²) in [5, 5.41) is 0. The molecule has 2 heteroatoms. The van der Waals surface area contributed by atoms with Crippen molar-refractivity contribution in [2.45, 2.75) is 0 Å². The minimum absolute atomic E-state index is 0.0153. The Labute approximate surface area is 83.7 Å². The van der Waals surface area contributed by atoms with E-state index in [1.807, 2.05) is 12.1 Å². The second-order valence-electron chi connectivity index (χ2n) is 2.84. The van der Waals surface area contributed by atoms with E-state index >= 15 is 0 Å². The van der Waals surface area contributed by atoms with Gasteiger partial charge < -0.3 is 5.73 Å². The van der Waals surface area contributed by atoms with Crippen molar-refractivity contribution >= 4 is 17.9 Å². The fraction of sp³-hybridized carbons (Fsp3) is 0.0833. The molecule has 0 aliphatic heterocycles. The van der Waals surface area contributed by atoms with Crippen molar-refractivity contribution in [3.8, 4) is 0 Å². The molecule has 1 aromatic rings. The molecule has 0 saturated heterocycles. The van der Waals surface area contributed by atoms with Crippen molar-refractivity contribution in [1.29, 1.82) is 0 Å². The molecule has 0 heterocycles. The molecule has 0 aliphatic carbocycles. The van der Waals surface area contributed by atoms with Gasteiger partial charge in [0.05, 0.1) is 6.54 Å². The first kappa shape index (κ1) is 10.4. The maximum atomic E-state index is 11.5. The van der Waals surface area contributed by atoms with Crippen LogP contribution in [0.25, 0.3) is 12.2 Å². The van der Waals surface area contributed by atoms with Crippen molar-refractivity contribution < 1.29 is 4.79 Å². The summed E-state index contributed by atoms with van der Waals surface area (Å²) in [5.74, 6) is -0.0800. The van der Waals surface area contributed by atoms with Gasteiger partial charge >= 0.3 is 0 Å². The van der Waals surface area contributed by atoms with E-state index in [1.54, 1.807) is 18.2 Å². The molecule has 0 aromatic heterocycles. The molecule has 14 heavy (non-hydrogen) atoms. The quantitative estimate of drug-likeness (QED) is 0.733. The third kappa shape index (κ3) is 1.80. The Hall–Kier alpha value is -1.67. The van der Waals surface area contributed by atoms with Gasteiger partial charge in [-0.1, -0.05) is 43.5 Å². The Bertz CT molecular complexity index is 380. The maximum Gasteiger partial charge on any atom is 0.176 e. The van der Waals surface area contributed by atoms with Crippen LogP contribution in [-0.4, -0.2) is 12.3 Å². The van der Waals surface area contributed by atoms with E-state index in [0.29, 0.717) is 5.56 Å². The lowest BCUT2D eigenvalue weighted by molar-refractivity contribution is 0.100. The van der Waals surface area contributed by atoms with Gasteiger partial charge in [-0.25, -0.2) is 0 Å². The number of rotatable bonds is 4. The van der Waals surface area contributed by atoms with Gasteiger partial charge in [-0.05, 0) is 11.1 Å². The van der Waals surface area contributed by atoms with Crippen LogP contribution in [0.5, 0.6) is 0 Å². The number of hydrogen-bond donors (Lipinski definition) is 1.